The fraction of sp³-hybridized carbons (Fsp3) is 0.684. The highest BCUT2D eigenvalue weighted by atomic mass is 15.6. The molecule has 0 aromatic heterocycles. The van der Waals surface area contributed by atoms with Gasteiger partial charge in [0, 0.05) is 32.7 Å². The second kappa shape index (κ2) is 6.89. The highest BCUT2D eigenvalue weighted by molar-refractivity contribution is 5.14. The summed E-state index contributed by atoms with van der Waals surface area (Å²) in [6, 6.07) is 10.6. The Morgan fingerprint density at radius 3 is 2.17 bits per heavy atom. The van der Waals surface area contributed by atoms with E-state index in [0.29, 0.717) is 0 Å². The molecule has 1 N–H and O–H groups in total. The van der Waals surface area contributed by atoms with Crippen molar-refractivity contribution in [1.29, 1.82) is 0 Å². The molecule has 4 saturated heterocycles. The van der Waals surface area contributed by atoms with Gasteiger partial charge in [0.15, 0.2) is 6.17 Å². The maximum absolute atomic E-state index is 2.73. The van der Waals surface area contributed by atoms with Crippen molar-refractivity contribution < 1.29 is 4.90 Å². The monoisotopic (exact) mass is 315 g/mol. The first-order chi connectivity index (χ1) is 11.4. The van der Waals surface area contributed by atoms with Crippen LogP contribution < -0.4 is 4.90 Å². The lowest BCUT2D eigenvalue weighted by molar-refractivity contribution is -0.929. The van der Waals surface area contributed by atoms with Crippen molar-refractivity contribution in [3.05, 3.63) is 35.9 Å². The molecular weight excluding hydrogens is 284 g/mol. The Morgan fingerprint density at radius 1 is 0.870 bits per heavy atom. The van der Waals surface area contributed by atoms with E-state index in [1.807, 2.05) is 4.90 Å². The lowest BCUT2D eigenvalue weighted by Crippen LogP contribution is -3.19. The van der Waals surface area contributed by atoms with Gasteiger partial charge in [-0.25, -0.2) is 4.90 Å². The molecule has 4 fully saturated rings. The van der Waals surface area contributed by atoms with E-state index in [4.69, 9.17) is 0 Å². The van der Waals surface area contributed by atoms with Crippen molar-refractivity contribution in [3.63, 3.8) is 0 Å². The summed E-state index contributed by atoms with van der Waals surface area (Å²) in [5, 5.41) is 0. The van der Waals surface area contributed by atoms with Crippen molar-refractivity contribution in [2.45, 2.75) is 32.1 Å². The number of hydrogen-bond acceptors (Lipinski definition) is 3. The van der Waals surface area contributed by atoms with E-state index in [1.165, 1.54) is 70.8 Å². The number of aryl methyl sites for hydroxylation is 1. The normalized spacial score (nSPS) is 33.2. The maximum Gasteiger partial charge on any atom is 0.173 e. The molecule has 0 saturated carbocycles. The van der Waals surface area contributed by atoms with Crippen LogP contribution in [0.5, 0.6) is 0 Å². The lowest BCUT2D eigenvalue weighted by atomic mass is 10.1. The van der Waals surface area contributed by atoms with E-state index < -0.39 is 0 Å². The molecule has 23 heavy (non-hydrogen) atoms. The number of quaternary nitrogens is 1. The molecule has 4 heteroatoms. The molecule has 0 amide bonds. The summed E-state index contributed by atoms with van der Waals surface area (Å²) >= 11 is 0. The van der Waals surface area contributed by atoms with Gasteiger partial charge < -0.3 is 4.90 Å². The molecule has 0 bridgehead atoms. The van der Waals surface area contributed by atoms with Crippen LogP contribution >= 0.6 is 0 Å². The number of rotatable bonds is 2. The minimum Gasteiger partial charge on any atom is -0.315 e. The second-order valence-electron chi connectivity index (χ2n) is 7.36. The summed E-state index contributed by atoms with van der Waals surface area (Å²) in [6.45, 7) is 12.9. The zero-order valence-electron chi connectivity index (χ0n) is 14.5. The van der Waals surface area contributed by atoms with Crippen LogP contribution in [0.1, 0.15) is 18.9 Å². The molecule has 0 spiro atoms. The van der Waals surface area contributed by atoms with Gasteiger partial charge in [0.1, 0.15) is 6.17 Å². The molecule has 0 aliphatic carbocycles. The molecule has 4 nitrogen and oxygen atoms in total. The van der Waals surface area contributed by atoms with Crippen molar-refractivity contribution in [1.82, 2.24) is 14.7 Å². The molecule has 4 aliphatic heterocycles. The number of nitrogens with one attached hydrogen (secondary N) is 1. The number of hydrogen-bond donors (Lipinski definition) is 1. The zero-order valence-corrected chi connectivity index (χ0v) is 14.5. The molecule has 3 atom stereocenters. The van der Waals surface area contributed by atoms with Gasteiger partial charge in [-0.2, -0.15) is 0 Å². The van der Waals surface area contributed by atoms with Crippen molar-refractivity contribution >= 4 is 0 Å². The Balaban J connectivity index is 0.000000132. The topological polar surface area (TPSA) is 14.2 Å². The van der Waals surface area contributed by atoms with Crippen LogP contribution in [0.25, 0.3) is 0 Å². The van der Waals surface area contributed by atoms with Gasteiger partial charge in [-0.05, 0) is 12.0 Å². The van der Waals surface area contributed by atoms with Crippen LogP contribution in [0.2, 0.25) is 0 Å². The molecule has 1 aromatic carbocycles. The first kappa shape index (κ1) is 15.6. The Hall–Kier alpha value is -0.940. The molecule has 3 unspecified atom stereocenters. The van der Waals surface area contributed by atoms with E-state index in [9.17, 15) is 0 Å². The van der Waals surface area contributed by atoms with Crippen LogP contribution in [-0.2, 0) is 6.42 Å². The van der Waals surface area contributed by atoms with Crippen LogP contribution in [0, 0.1) is 0 Å². The molecule has 1 aromatic rings. The molecule has 5 rings (SSSR count). The Labute approximate surface area is 140 Å². The highest BCUT2D eigenvalue weighted by Gasteiger charge is 2.54. The predicted octanol–water partition coefficient (Wildman–Crippen LogP) is 0.123. The third-order valence-corrected chi connectivity index (χ3v) is 6.01. The number of piperazine rings is 2. The third kappa shape index (κ3) is 3.05. The largest absolute Gasteiger partial charge is 0.315 e. The molecule has 0 radical (unpaired) electrons. The molecule has 4 heterocycles. The summed E-state index contributed by atoms with van der Waals surface area (Å²) in [5.74, 6) is 0. The van der Waals surface area contributed by atoms with Crippen molar-refractivity contribution in [3.8, 4) is 0 Å². The molecule has 4 aliphatic rings. The average molecular weight is 315 g/mol. The first-order valence-electron chi connectivity index (χ1n) is 9.47. The predicted molar refractivity (Wildman–Crippen MR) is 93.4 cm³/mol. The van der Waals surface area contributed by atoms with Crippen molar-refractivity contribution in [2.24, 2.45) is 0 Å². The van der Waals surface area contributed by atoms with Gasteiger partial charge in [0.2, 0.25) is 0 Å². The van der Waals surface area contributed by atoms with E-state index >= 15 is 0 Å². The Morgan fingerprint density at radius 2 is 1.48 bits per heavy atom. The maximum atomic E-state index is 2.73. The summed E-state index contributed by atoms with van der Waals surface area (Å²) in [6.07, 6.45) is 4.04. The standard InChI is InChI=1S/C10H18N4.C9H12/c1-2-12-7-8-14-4-3-13-6-5-11(1)9(12)10(13)14;1-2-6-9-7-4-3-5-8-9/h9-10H,1-8H2;3-5,7-8H,2,6H2,1H3/p+1. The summed E-state index contributed by atoms with van der Waals surface area (Å²) < 4.78 is 0. The van der Waals surface area contributed by atoms with Gasteiger partial charge in [-0.15, -0.1) is 0 Å². The third-order valence-electron chi connectivity index (χ3n) is 6.01. The quantitative estimate of drug-likeness (QED) is 0.834. The minimum atomic E-state index is 0.773. The van der Waals surface area contributed by atoms with Crippen molar-refractivity contribution in [2.75, 3.05) is 52.4 Å². The van der Waals surface area contributed by atoms with E-state index in [-0.39, 0.29) is 0 Å². The van der Waals surface area contributed by atoms with Crippen LogP contribution in [-0.4, -0.2) is 79.4 Å². The minimum absolute atomic E-state index is 0.773. The molecule has 126 valence electrons. The van der Waals surface area contributed by atoms with E-state index in [1.54, 1.807) is 0 Å². The fourth-order valence-corrected chi connectivity index (χ4v) is 4.87. The van der Waals surface area contributed by atoms with Gasteiger partial charge >= 0.3 is 0 Å². The molecular formula is C19H31N4+. The lowest BCUT2D eigenvalue weighted by Gasteiger charge is -2.46. The van der Waals surface area contributed by atoms with Crippen LogP contribution in [0.4, 0.5) is 0 Å². The summed E-state index contributed by atoms with van der Waals surface area (Å²) in [4.78, 5) is 10.0. The smallest absolute Gasteiger partial charge is 0.173 e. The zero-order chi connectivity index (χ0) is 15.6. The number of nitrogens with zero attached hydrogens (tertiary/aromatic N) is 3. The Bertz CT molecular complexity index is 455. The average Bonchev–Trinajstić information content (AvgIpc) is 3.19. The van der Waals surface area contributed by atoms with Gasteiger partial charge in [-0.3, -0.25) is 9.80 Å². The van der Waals surface area contributed by atoms with E-state index in [0.717, 1.165) is 12.3 Å². The fourth-order valence-electron chi connectivity index (χ4n) is 4.87. The number of benzene rings is 1. The van der Waals surface area contributed by atoms with Gasteiger partial charge in [-0.1, -0.05) is 43.7 Å². The highest BCUT2D eigenvalue weighted by Crippen LogP contribution is 2.25. The van der Waals surface area contributed by atoms with E-state index in [2.05, 4.69) is 52.0 Å². The van der Waals surface area contributed by atoms with Gasteiger partial charge in [0.25, 0.3) is 0 Å². The summed E-state index contributed by atoms with van der Waals surface area (Å²) in [5.41, 5.74) is 1.44. The van der Waals surface area contributed by atoms with Crippen LogP contribution in [0.3, 0.4) is 0 Å². The van der Waals surface area contributed by atoms with Gasteiger partial charge in [0.05, 0.1) is 19.6 Å². The first-order valence-corrected chi connectivity index (χ1v) is 9.47. The second-order valence-corrected chi connectivity index (χ2v) is 7.36. The Kier molecular flexibility index (Phi) is 4.67. The van der Waals surface area contributed by atoms with Crippen LogP contribution in [0.15, 0.2) is 30.3 Å². The SMILES string of the molecule is C1CN2CC[NH+]3CCN4CCN1C2C43.CCCc1ccccc1. The summed E-state index contributed by atoms with van der Waals surface area (Å²) in [7, 11) is 0.